The molecule has 15 heavy (non-hydrogen) atoms. The molecule has 0 saturated heterocycles. The molecule has 0 amide bonds. The van der Waals surface area contributed by atoms with Crippen LogP contribution in [0.15, 0.2) is 24.3 Å². The first-order valence-corrected chi connectivity index (χ1v) is 8.27. The number of ether oxygens (including phenoxy) is 1. The van der Waals surface area contributed by atoms with Gasteiger partial charge in [-0.3, -0.25) is 0 Å². The van der Waals surface area contributed by atoms with Crippen LogP contribution < -0.4 is 10.0 Å². The number of para-hydroxylation sites is 1. The Morgan fingerprint density at radius 1 is 1.20 bits per heavy atom. The molecule has 0 N–H and O–H groups in total. The lowest BCUT2D eigenvalue weighted by atomic mass is 10.3. The quantitative estimate of drug-likeness (QED) is 0.736. The molecule has 1 rings (SSSR count). The highest BCUT2D eigenvalue weighted by atomic mass is 32.4. The smallest absolute Gasteiger partial charge is 0.127 e. The Bertz CT molecular complexity index is 393. The van der Waals surface area contributed by atoms with Gasteiger partial charge < -0.3 is 4.74 Å². The lowest BCUT2D eigenvalue weighted by molar-refractivity contribution is 0.418. The van der Waals surface area contributed by atoms with E-state index >= 15 is 0 Å². The predicted octanol–water partition coefficient (Wildman–Crippen LogP) is 3.23. The summed E-state index contributed by atoms with van der Waals surface area (Å²) in [6.07, 6.45) is 0. The van der Waals surface area contributed by atoms with Crippen molar-refractivity contribution in [3.05, 3.63) is 24.3 Å². The molecular weight excluding hydrogens is 223 g/mol. The van der Waals surface area contributed by atoms with Crippen molar-refractivity contribution in [2.24, 2.45) is 0 Å². The van der Waals surface area contributed by atoms with Crippen LogP contribution in [0.1, 0.15) is 20.8 Å². The first-order valence-electron chi connectivity index (χ1n) is 5.02. The van der Waals surface area contributed by atoms with Crippen molar-refractivity contribution < 1.29 is 4.74 Å². The van der Waals surface area contributed by atoms with Crippen LogP contribution in [0.3, 0.4) is 0 Å². The summed E-state index contributed by atoms with van der Waals surface area (Å²) >= 11 is 5.83. The Morgan fingerprint density at radius 3 is 2.20 bits per heavy atom. The van der Waals surface area contributed by atoms with Crippen molar-refractivity contribution >= 4 is 23.1 Å². The van der Waals surface area contributed by atoms with Crippen LogP contribution in [0.2, 0.25) is 0 Å². The largest absolute Gasteiger partial charge is 0.496 e. The topological polar surface area (TPSA) is 9.23 Å². The van der Waals surface area contributed by atoms with Crippen LogP contribution in [0, 0.1) is 0 Å². The molecule has 1 atom stereocenters. The predicted molar refractivity (Wildman–Crippen MR) is 72.6 cm³/mol. The van der Waals surface area contributed by atoms with Gasteiger partial charge in [0.25, 0.3) is 0 Å². The average molecular weight is 242 g/mol. The lowest BCUT2D eigenvalue weighted by Gasteiger charge is -2.33. The molecule has 0 heterocycles. The van der Waals surface area contributed by atoms with Gasteiger partial charge in [0.1, 0.15) is 5.75 Å². The van der Waals surface area contributed by atoms with Crippen LogP contribution in [-0.4, -0.2) is 18.9 Å². The van der Waals surface area contributed by atoms with Gasteiger partial charge in [0.2, 0.25) is 0 Å². The van der Waals surface area contributed by atoms with Gasteiger partial charge in [-0.05, 0) is 23.9 Å². The Kier molecular flexibility index (Phi) is 3.63. The second-order valence-corrected chi connectivity index (χ2v) is 10.6. The summed E-state index contributed by atoms with van der Waals surface area (Å²) in [6, 6.07) is 6.54. The maximum Gasteiger partial charge on any atom is 0.127 e. The monoisotopic (exact) mass is 242 g/mol. The molecule has 1 aromatic rings. The molecule has 0 bridgehead atoms. The summed E-state index contributed by atoms with van der Waals surface area (Å²) in [5.74, 6) is 0.929. The highest BCUT2D eigenvalue weighted by Gasteiger charge is 2.30. The van der Waals surface area contributed by atoms with Crippen LogP contribution in [0.4, 0.5) is 0 Å². The molecule has 1 aromatic carbocycles. The summed E-state index contributed by atoms with van der Waals surface area (Å²) in [5.41, 5.74) is 0. The summed E-state index contributed by atoms with van der Waals surface area (Å²) in [7, 11) is 1.71. The fourth-order valence-corrected chi connectivity index (χ4v) is 3.48. The standard InChI is InChI=1S/C12H19OPS/c1-12(2,3)14(5,15)11-9-7-6-8-10(11)13-4/h6-9H,1-5H3. The number of rotatable bonds is 2. The van der Waals surface area contributed by atoms with Crippen molar-refractivity contribution in [2.45, 2.75) is 25.9 Å². The number of benzene rings is 1. The van der Waals surface area contributed by atoms with Crippen molar-refractivity contribution in [3.63, 3.8) is 0 Å². The third-order valence-electron chi connectivity index (χ3n) is 2.82. The zero-order valence-corrected chi connectivity index (χ0v) is 11.8. The lowest BCUT2D eigenvalue weighted by Crippen LogP contribution is -2.23. The van der Waals surface area contributed by atoms with Gasteiger partial charge in [0.15, 0.2) is 0 Å². The van der Waals surface area contributed by atoms with Crippen LogP contribution >= 0.6 is 6.04 Å². The minimum absolute atomic E-state index is 0.136. The van der Waals surface area contributed by atoms with Crippen molar-refractivity contribution in [1.29, 1.82) is 0 Å². The van der Waals surface area contributed by atoms with E-state index in [2.05, 4.69) is 33.5 Å². The van der Waals surface area contributed by atoms with Crippen LogP contribution in [0.5, 0.6) is 5.75 Å². The number of methoxy groups -OCH3 is 1. The number of hydrogen-bond donors (Lipinski definition) is 0. The highest BCUT2D eigenvalue weighted by molar-refractivity contribution is 8.18. The third kappa shape index (κ3) is 2.43. The van der Waals surface area contributed by atoms with E-state index in [1.807, 2.05) is 18.2 Å². The van der Waals surface area contributed by atoms with Gasteiger partial charge in [-0.15, -0.1) is 0 Å². The van der Waals surface area contributed by atoms with E-state index in [9.17, 15) is 0 Å². The summed E-state index contributed by atoms with van der Waals surface area (Å²) < 4.78 is 5.39. The van der Waals surface area contributed by atoms with Gasteiger partial charge in [-0.1, -0.05) is 50.8 Å². The van der Waals surface area contributed by atoms with Crippen molar-refractivity contribution in [3.8, 4) is 5.75 Å². The molecule has 0 spiro atoms. The minimum Gasteiger partial charge on any atom is -0.496 e. The SMILES string of the molecule is COc1ccccc1P(C)(=S)C(C)(C)C. The maximum absolute atomic E-state index is 5.83. The Labute approximate surface area is 97.9 Å². The number of hydrogen-bond acceptors (Lipinski definition) is 2. The molecule has 0 radical (unpaired) electrons. The van der Waals surface area contributed by atoms with E-state index in [1.54, 1.807) is 7.11 Å². The molecule has 0 saturated carbocycles. The molecular formula is C12H19OPS. The van der Waals surface area contributed by atoms with E-state index in [0.717, 1.165) is 5.75 Å². The summed E-state index contributed by atoms with van der Waals surface area (Å²) in [5, 5.41) is 1.34. The summed E-state index contributed by atoms with van der Waals surface area (Å²) in [6.45, 7) is 8.82. The van der Waals surface area contributed by atoms with Crippen LogP contribution in [-0.2, 0) is 11.8 Å². The van der Waals surface area contributed by atoms with Crippen LogP contribution in [0.25, 0.3) is 0 Å². The van der Waals surface area contributed by atoms with E-state index in [4.69, 9.17) is 16.5 Å². The molecule has 0 aliphatic carbocycles. The average Bonchev–Trinajstić information content (AvgIpc) is 2.16. The summed E-state index contributed by atoms with van der Waals surface area (Å²) in [4.78, 5) is 0. The fourth-order valence-electron chi connectivity index (χ4n) is 1.34. The molecule has 3 heteroatoms. The second-order valence-electron chi connectivity index (χ2n) is 4.77. The van der Waals surface area contributed by atoms with Crippen molar-refractivity contribution in [1.82, 2.24) is 0 Å². The van der Waals surface area contributed by atoms with Gasteiger partial charge >= 0.3 is 0 Å². The zero-order valence-electron chi connectivity index (χ0n) is 10.1. The molecule has 84 valence electrons. The third-order valence-corrected chi connectivity index (χ3v) is 8.91. The molecule has 1 unspecified atom stereocenters. The molecule has 1 nitrogen and oxygen atoms in total. The Morgan fingerprint density at radius 2 is 1.73 bits per heavy atom. The molecule has 0 aliphatic heterocycles. The van der Waals surface area contributed by atoms with Gasteiger partial charge in [0.05, 0.1) is 7.11 Å². The fraction of sp³-hybridized carbons (Fsp3) is 0.500. The van der Waals surface area contributed by atoms with E-state index in [1.165, 1.54) is 5.30 Å². The first kappa shape index (κ1) is 12.7. The van der Waals surface area contributed by atoms with Gasteiger partial charge in [-0.2, -0.15) is 0 Å². The highest BCUT2D eigenvalue weighted by Crippen LogP contribution is 2.55. The maximum atomic E-state index is 5.83. The van der Waals surface area contributed by atoms with E-state index in [-0.39, 0.29) is 5.16 Å². The van der Waals surface area contributed by atoms with Crippen molar-refractivity contribution in [2.75, 3.05) is 13.8 Å². The Hall–Kier alpha value is -0.330. The molecule has 0 fully saturated rings. The first-order chi connectivity index (χ1) is 6.80. The Balaban J connectivity index is 3.33. The normalized spacial score (nSPS) is 15.8. The van der Waals surface area contributed by atoms with E-state index in [0.29, 0.717) is 0 Å². The molecule has 0 aromatic heterocycles. The van der Waals surface area contributed by atoms with Gasteiger partial charge in [-0.25, -0.2) is 0 Å². The minimum atomic E-state index is -1.57. The zero-order chi connectivity index (χ0) is 11.7. The van der Waals surface area contributed by atoms with Gasteiger partial charge in [0, 0.05) is 5.30 Å². The van der Waals surface area contributed by atoms with E-state index < -0.39 is 6.04 Å². The molecule has 0 aliphatic rings. The second kappa shape index (κ2) is 4.27.